The van der Waals surface area contributed by atoms with Crippen LogP contribution in [0.5, 0.6) is 5.75 Å². The smallest absolute Gasteiger partial charge is 0.246 e. The van der Waals surface area contributed by atoms with Crippen LogP contribution < -0.4 is 15.4 Å². The Morgan fingerprint density at radius 2 is 1.97 bits per heavy atom. The fourth-order valence-corrected chi connectivity index (χ4v) is 4.88. The van der Waals surface area contributed by atoms with Gasteiger partial charge in [0, 0.05) is 19.3 Å². The zero-order valence-corrected chi connectivity index (χ0v) is 18.3. The number of piperidine rings is 1. The topological polar surface area (TPSA) is 118 Å². The molecule has 1 aliphatic rings. The van der Waals surface area contributed by atoms with Gasteiger partial charge in [0.25, 0.3) is 0 Å². The third kappa shape index (κ3) is 5.59. The molecule has 9 nitrogen and oxygen atoms in total. The second kappa shape index (κ2) is 9.88. The maximum absolute atomic E-state index is 13.0. The van der Waals surface area contributed by atoms with Gasteiger partial charge in [-0.25, -0.2) is 8.42 Å². The fraction of sp³-hybridized carbons (Fsp3) is 0.381. The summed E-state index contributed by atoms with van der Waals surface area (Å²) in [6.07, 6.45) is 4.21. The largest absolute Gasteiger partial charge is 0.497 e. The lowest BCUT2D eigenvalue weighted by Crippen LogP contribution is -2.49. The lowest BCUT2D eigenvalue weighted by atomic mass is 9.98. The molecule has 0 radical (unpaired) electrons. The number of nitrogens with one attached hydrogen (secondary N) is 2. The number of amides is 2. The van der Waals surface area contributed by atoms with Crippen LogP contribution in [0.1, 0.15) is 19.8 Å². The molecule has 0 bridgehead atoms. The fourth-order valence-electron chi connectivity index (χ4n) is 3.36. The second-order valence-corrected chi connectivity index (χ2v) is 9.28. The van der Waals surface area contributed by atoms with E-state index in [1.165, 1.54) is 29.7 Å². The molecule has 166 valence electrons. The number of nitrogens with zero attached hydrogens (tertiary/aromatic N) is 2. The molecule has 2 atom stereocenters. The Labute approximate surface area is 181 Å². The van der Waals surface area contributed by atoms with Gasteiger partial charge in [0.05, 0.1) is 29.8 Å². The van der Waals surface area contributed by atoms with Gasteiger partial charge in [-0.2, -0.15) is 4.31 Å². The molecular weight excluding hydrogens is 420 g/mol. The zero-order valence-electron chi connectivity index (χ0n) is 17.4. The molecule has 2 heterocycles. The average Bonchev–Trinajstić information content (AvgIpc) is 2.79. The Hall–Kier alpha value is -2.98. The van der Waals surface area contributed by atoms with E-state index in [-0.39, 0.29) is 23.3 Å². The van der Waals surface area contributed by atoms with Crippen molar-refractivity contribution in [2.45, 2.75) is 30.7 Å². The molecule has 10 heteroatoms. The third-order valence-corrected chi connectivity index (χ3v) is 7.01. The first-order valence-corrected chi connectivity index (χ1v) is 11.4. The summed E-state index contributed by atoms with van der Waals surface area (Å²) in [6.45, 7) is 1.99. The number of aromatic nitrogens is 1. The van der Waals surface area contributed by atoms with Crippen LogP contribution in [0.2, 0.25) is 0 Å². The maximum Gasteiger partial charge on any atom is 0.246 e. The van der Waals surface area contributed by atoms with E-state index in [4.69, 9.17) is 4.74 Å². The van der Waals surface area contributed by atoms with Gasteiger partial charge in [0.15, 0.2) is 0 Å². The van der Waals surface area contributed by atoms with E-state index in [1.807, 2.05) is 0 Å². The Morgan fingerprint density at radius 1 is 1.23 bits per heavy atom. The summed E-state index contributed by atoms with van der Waals surface area (Å²) < 4.78 is 32.3. The molecular formula is C21H26N4O5S. The van der Waals surface area contributed by atoms with Crippen molar-refractivity contribution in [3.63, 3.8) is 0 Å². The molecule has 31 heavy (non-hydrogen) atoms. The highest BCUT2D eigenvalue weighted by molar-refractivity contribution is 7.89. The highest BCUT2D eigenvalue weighted by Gasteiger charge is 2.34. The van der Waals surface area contributed by atoms with Gasteiger partial charge in [0.1, 0.15) is 11.8 Å². The predicted molar refractivity (Wildman–Crippen MR) is 115 cm³/mol. The minimum absolute atomic E-state index is 0.0666. The van der Waals surface area contributed by atoms with Crippen LogP contribution >= 0.6 is 0 Å². The minimum atomic E-state index is -3.73. The number of hydrogen-bond acceptors (Lipinski definition) is 6. The summed E-state index contributed by atoms with van der Waals surface area (Å²) in [4.78, 5) is 29.1. The van der Waals surface area contributed by atoms with Gasteiger partial charge in [-0.05, 0) is 56.2 Å². The van der Waals surface area contributed by atoms with Crippen molar-refractivity contribution in [3.05, 3.63) is 48.8 Å². The summed E-state index contributed by atoms with van der Waals surface area (Å²) in [7, 11) is -2.22. The first-order chi connectivity index (χ1) is 14.8. The van der Waals surface area contributed by atoms with E-state index < -0.39 is 22.0 Å². The summed E-state index contributed by atoms with van der Waals surface area (Å²) in [5, 5.41) is 5.37. The van der Waals surface area contributed by atoms with Crippen LogP contribution in [0.15, 0.2) is 53.7 Å². The Kier molecular flexibility index (Phi) is 7.24. The first-order valence-electron chi connectivity index (χ1n) is 9.96. The number of carbonyl (C=O) groups is 2. The Morgan fingerprint density at radius 3 is 2.61 bits per heavy atom. The van der Waals surface area contributed by atoms with Gasteiger partial charge in [-0.15, -0.1) is 0 Å². The molecule has 2 amide bonds. The monoisotopic (exact) mass is 446 g/mol. The van der Waals surface area contributed by atoms with Gasteiger partial charge >= 0.3 is 0 Å². The molecule has 1 aliphatic heterocycles. The molecule has 2 aromatic rings. The highest BCUT2D eigenvalue weighted by atomic mass is 32.2. The number of sulfonamides is 1. The number of benzene rings is 1. The van der Waals surface area contributed by atoms with Gasteiger partial charge in [-0.1, -0.05) is 0 Å². The van der Waals surface area contributed by atoms with Crippen LogP contribution in [0, 0.1) is 5.92 Å². The lowest BCUT2D eigenvalue weighted by Gasteiger charge is -2.31. The van der Waals surface area contributed by atoms with Crippen LogP contribution in [-0.2, 0) is 19.6 Å². The van der Waals surface area contributed by atoms with E-state index in [9.17, 15) is 18.0 Å². The molecule has 0 unspecified atom stereocenters. The van der Waals surface area contributed by atoms with Crippen molar-refractivity contribution in [1.82, 2.24) is 14.6 Å². The number of rotatable bonds is 7. The van der Waals surface area contributed by atoms with Crippen LogP contribution in [0.3, 0.4) is 0 Å². The highest BCUT2D eigenvalue weighted by Crippen LogP contribution is 2.25. The van der Waals surface area contributed by atoms with Crippen molar-refractivity contribution in [2.24, 2.45) is 5.92 Å². The Bertz CT molecular complexity index is 1010. The zero-order chi connectivity index (χ0) is 22.4. The number of pyridine rings is 1. The van der Waals surface area contributed by atoms with Crippen LogP contribution in [-0.4, -0.2) is 55.8 Å². The number of methoxy groups -OCH3 is 1. The van der Waals surface area contributed by atoms with Crippen molar-refractivity contribution in [2.75, 3.05) is 25.5 Å². The first kappa shape index (κ1) is 22.7. The van der Waals surface area contributed by atoms with E-state index in [2.05, 4.69) is 15.6 Å². The number of ether oxygens (including phenoxy) is 1. The molecule has 0 aliphatic carbocycles. The molecule has 2 N–H and O–H groups in total. The molecule has 1 aromatic carbocycles. The summed E-state index contributed by atoms with van der Waals surface area (Å²) in [5.74, 6) is -0.688. The minimum Gasteiger partial charge on any atom is -0.497 e. The maximum atomic E-state index is 13.0. The summed E-state index contributed by atoms with van der Waals surface area (Å²) >= 11 is 0. The quantitative estimate of drug-likeness (QED) is 0.668. The van der Waals surface area contributed by atoms with Crippen molar-refractivity contribution in [3.8, 4) is 5.75 Å². The number of hydrogen-bond donors (Lipinski definition) is 2. The Balaban J connectivity index is 1.61. The van der Waals surface area contributed by atoms with Crippen LogP contribution in [0.25, 0.3) is 0 Å². The van der Waals surface area contributed by atoms with Gasteiger partial charge < -0.3 is 15.4 Å². The SMILES string of the molecule is COc1ccc(S(=O)(=O)N2CCC[C@@H](C(=O)N[C@@H](C)C(=O)Nc3cccnc3)C2)cc1. The molecule has 1 fully saturated rings. The lowest BCUT2D eigenvalue weighted by molar-refractivity contribution is -0.129. The normalized spacial score (nSPS) is 18.1. The van der Waals surface area contributed by atoms with Crippen LogP contribution in [0.4, 0.5) is 5.69 Å². The second-order valence-electron chi connectivity index (χ2n) is 7.34. The predicted octanol–water partition coefficient (Wildman–Crippen LogP) is 1.63. The van der Waals surface area contributed by atoms with Crippen molar-refractivity contribution >= 4 is 27.5 Å². The number of anilines is 1. The van der Waals surface area contributed by atoms with E-state index in [0.29, 0.717) is 30.8 Å². The van der Waals surface area contributed by atoms with E-state index in [1.54, 1.807) is 37.4 Å². The number of carbonyl (C=O) groups excluding carboxylic acids is 2. The molecule has 1 saturated heterocycles. The third-order valence-electron chi connectivity index (χ3n) is 5.13. The van der Waals surface area contributed by atoms with Crippen molar-refractivity contribution < 1.29 is 22.7 Å². The molecule has 3 rings (SSSR count). The summed E-state index contributed by atoms with van der Waals surface area (Å²) in [6, 6.07) is 8.76. The van der Waals surface area contributed by atoms with E-state index >= 15 is 0 Å². The van der Waals surface area contributed by atoms with Crippen molar-refractivity contribution in [1.29, 1.82) is 0 Å². The molecule has 0 saturated carbocycles. The standard InChI is InChI=1S/C21H26N4O5S/c1-15(20(26)24-17-6-3-11-22-13-17)23-21(27)16-5-4-12-25(14-16)31(28,29)19-9-7-18(30-2)8-10-19/h3,6-11,13,15-16H,4-5,12,14H2,1-2H3,(H,23,27)(H,24,26)/t15-,16+/m0/s1. The molecule has 1 aromatic heterocycles. The van der Waals surface area contributed by atoms with Gasteiger partial charge in [0.2, 0.25) is 21.8 Å². The van der Waals surface area contributed by atoms with Gasteiger partial charge in [-0.3, -0.25) is 14.6 Å². The summed E-state index contributed by atoms with van der Waals surface area (Å²) in [5.41, 5.74) is 0.531. The van der Waals surface area contributed by atoms with E-state index in [0.717, 1.165) is 0 Å². The molecule has 0 spiro atoms. The average molecular weight is 447 g/mol.